The molecule has 1 atom stereocenters. The molecule has 0 radical (unpaired) electrons. The first-order valence-electron chi connectivity index (χ1n) is 5.95. The first-order chi connectivity index (χ1) is 9.58. The molecule has 0 amide bonds. The van der Waals surface area contributed by atoms with Crippen LogP contribution >= 0.6 is 27.5 Å². The fourth-order valence-corrected chi connectivity index (χ4v) is 2.57. The Labute approximate surface area is 128 Å². The number of benzene rings is 2. The van der Waals surface area contributed by atoms with Crippen molar-refractivity contribution in [2.24, 2.45) is 5.73 Å². The van der Waals surface area contributed by atoms with Crippen LogP contribution in [0.4, 0.5) is 4.39 Å². The summed E-state index contributed by atoms with van der Waals surface area (Å²) in [4.78, 5) is 0. The molecule has 0 spiro atoms. The molecule has 5 heteroatoms. The highest BCUT2D eigenvalue weighted by atomic mass is 79.9. The molecule has 0 saturated heterocycles. The summed E-state index contributed by atoms with van der Waals surface area (Å²) in [5.41, 5.74) is 7.12. The van der Waals surface area contributed by atoms with Gasteiger partial charge in [0, 0.05) is 15.4 Å². The van der Waals surface area contributed by atoms with E-state index >= 15 is 0 Å². The van der Waals surface area contributed by atoms with Crippen LogP contribution in [0, 0.1) is 5.82 Å². The third kappa shape index (κ3) is 2.24. The van der Waals surface area contributed by atoms with Crippen LogP contribution in [-0.4, -0.2) is 0 Å². The third-order valence-electron chi connectivity index (χ3n) is 3.15. The second kappa shape index (κ2) is 5.20. The first kappa shape index (κ1) is 13.6. The number of rotatable bonds is 2. The first-order valence-corrected chi connectivity index (χ1v) is 7.12. The molecule has 0 aliphatic heterocycles. The molecule has 3 aromatic rings. The maximum atomic E-state index is 14.2. The summed E-state index contributed by atoms with van der Waals surface area (Å²) < 4.78 is 20.3. The van der Waals surface area contributed by atoms with Gasteiger partial charge in [0.15, 0.2) is 0 Å². The Hall–Kier alpha value is -1.36. The highest BCUT2D eigenvalue weighted by molar-refractivity contribution is 9.10. The van der Waals surface area contributed by atoms with Gasteiger partial charge >= 0.3 is 0 Å². The van der Waals surface area contributed by atoms with Crippen LogP contribution in [0.2, 0.25) is 5.02 Å². The fraction of sp³-hybridized carbons (Fsp3) is 0.0667. The standard InChI is InChI=1S/C15H10BrClFNO/c16-10-6-5-9(14(18)13(10)17)15(19)12-7-8-3-1-2-4-11(8)20-12/h1-7,15H,19H2. The number of hydrogen-bond acceptors (Lipinski definition) is 2. The predicted molar refractivity (Wildman–Crippen MR) is 81.4 cm³/mol. The molecule has 2 aromatic carbocycles. The number of fused-ring (bicyclic) bond motifs is 1. The lowest BCUT2D eigenvalue weighted by molar-refractivity contribution is 0.510. The highest BCUT2D eigenvalue weighted by Crippen LogP contribution is 2.33. The average Bonchev–Trinajstić information content (AvgIpc) is 2.88. The molecule has 2 N–H and O–H groups in total. The lowest BCUT2D eigenvalue weighted by Crippen LogP contribution is -2.13. The summed E-state index contributed by atoms with van der Waals surface area (Å²) in [7, 11) is 0. The second-order valence-corrected chi connectivity index (χ2v) is 5.66. The topological polar surface area (TPSA) is 39.2 Å². The predicted octanol–water partition coefficient (Wildman–Crippen LogP) is 5.04. The Morgan fingerprint density at radius 1 is 1.20 bits per heavy atom. The van der Waals surface area contributed by atoms with Crippen LogP contribution in [0.3, 0.4) is 0 Å². The molecule has 1 unspecified atom stereocenters. The number of nitrogens with two attached hydrogens (primary N) is 1. The Kier molecular flexibility index (Phi) is 3.54. The van der Waals surface area contributed by atoms with Crippen molar-refractivity contribution in [2.75, 3.05) is 0 Å². The van der Waals surface area contributed by atoms with Gasteiger partial charge in [-0.25, -0.2) is 4.39 Å². The smallest absolute Gasteiger partial charge is 0.148 e. The van der Waals surface area contributed by atoms with Gasteiger partial charge in [-0.3, -0.25) is 0 Å². The summed E-state index contributed by atoms with van der Waals surface area (Å²) in [6.45, 7) is 0. The van der Waals surface area contributed by atoms with Crippen LogP contribution in [0.25, 0.3) is 11.0 Å². The van der Waals surface area contributed by atoms with Gasteiger partial charge in [0.25, 0.3) is 0 Å². The molecule has 1 heterocycles. The van der Waals surface area contributed by atoms with Gasteiger partial charge in [0.05, 0.1) is 11.1 Å². The minimum atomic E-state index is -0.701. The zero-order chi connectivity index (χ0) is 14.3. The molecule has 102 valence electrons. The minimum Gasteiger partial charge on any atom is -0.459 e. The van der Waals surface area contributed by atoms with E-state index in [2.05, 4.69) is 15.9 Å². The van der Waals surface area contributed by atoms with E-state index in [0.29, 0.717) is 15.8 Å². The van der Waals surface area contributed by atoms with Gasteiger partial charge in [-0.15, -0.1) is 0 Å². The van der Waals surface area contributed by atoms with E-state index in [1.165, 1.54) is 0 Å². The van der Waals surface area contributed by atoms with Gasteiger partial charge in [0.1, 0.15) is 17.2 Å². The van der Waals surface area contributed by atoms with Crippen LogP contribution in [0.5, 0.6) is 0 Å². The summed E-state index contributed by atoms with van der Waals surface area (Å²) in [6.07, 6.45) is 0. The van der Waals surface area contributed by atoms with Gasteiger partial charge in [-0.1, -0.05) is 35.9 Å². The monoisotopic (exact) mass is 353 g/mol. The lowest BCUT2D eigenvalue weighted by atomic mass is 10.0. The van der Waals surface area contributed by atoms with Gasteiger partial charge in [-0.05, 0) is 34.1 Å². The normalized spacial score (nSPS) is 12.8. The van der Waals surface area contributed by atoms with E-state index in [0.717, 1.165) is 11.0 Å². The Morgan fingerprint density at radius 2 is 1.95 bits per heavy atom. The van der Waals surface area contributed by atoms with E-state index in [1.807, 2.05) is 30.3 Å². The molecule has 2 nitrogen and oxygen atoms in total. The largest absolute Gasteiger partial charge is 0.459 e. The fourth-order valence-electron chi connectivity index (χ4n) is 2.09. The summed E-state index contributed by atoms with van der Waals surface area (Å²) in [6, 6.07) is 11.9. The van der Waals surface area contributed by atoms with Crippen LogP contribution in [0.1, 0.15) is 17.4 Å². The summed E-state index contributed by atoms with van der Waals surface area (Å²) in [5, 5.41) is 0.954. The zero-order valence-corrected chi connectivity index (χ0v) is 12.6. The van der Waals surface area contributed by atoms with E-state index < -0.39 is 11.9 Å². The third-order valence-corrected chi connectivity index (χ3v) is 4.41. The Bertz CT molecular complexity index is 754. The SMILES string of the molecule is NC(c1cc2ccccc2o1)c1ccc(Br)c(Cl)c1F. The maximum Gasteiger partial charge on any atom is 0.148 e. The molecule has 1 aromatic heterocycles. The van der Waals surface area contributed by atoms with Crippen molar-refractivity contribution >= 4 is 38.5 Å². The van der Waals surface area contributed by atoms with E-state index in [-0.39, 0.29) is 5.02 Å². The molecule has 0 bridgehead atoms. The molecule has 0 fully saturated rings. The molecule has 0 aliphatic rings. The molecular weight excluding hydrogens is 345 g/mol. The van der Waals surface area contributed by atoms with Crippen molar-refractivity contribution in [3.05, 3.63) is 69.1 Å². The summed E-state index contributed by atoms with van der Waals surface area (Å²) in [5.74, 6) is -0.0301. The zero-order valence-electron chi connectivity index (χ0n) is 10.2. The van der Waals surface area contributed by atoms with Crippen LogP contribution in [0.15, 0.2) is 51.4 Å². The van der Waals surface area contributed by atoms with Gasteiger partial charge in [0.2, 0.25) is 0 Å². The Morgan fingerprint density at radius 3 is 2.70 bits per heavy atom. The lowest BCUT2D eigenvalue weighted by Gasteiger charge is -2.11. The minimum absolute atomic E-state index is 0.0223. The molecular formula is C15H10BrClFNO. The summed E-state index contributed by atoms with van der Waals surface area (Å²) >= 11 is 9.06. The number of para-hydroxylation sites is 1. The van der Waals surface area contributed by atoms with Crippen molar-refractivity contribution in [3.63, 3.8) is 0 Å². The Balaban J connectivity index is 2.08. The van der Waals surface area contributed by atoms with Crippen molar-refractivity contribution < 1.29 is 8.81 Å². The number of hydrogen-bond donors (Lipinski definition) is 1. The highest BCUT2D eigenvalue weighted by Gasteiger charge is 2.20. The maximum absolute atomic E-state index is 14.2. The van der Waals surface area contributed by atoms with E-state index in [4.69, 9.17) is 21.8 Å². The molecule has 3 rings (SSSR count). The van der Waals surface area contributed by atoms with E-state index in [1.54, 1.807) is 12.1 Å². The van der Waals surface area contributed by atoms with Gasteiger partial charge < -0.3 is 10.2 Å². The molecule has 0 saturated carbocycles. The van der Waals surface area contributed by atoms with Crippen molar-refractivity contribution in [2.45, 2.75) is 6.04 Å². The van der Waals surface area contributed by atoms with Crippen molar-refractivity contribution in [1.29, 1.82) is 0 Å². The van der Waals surface area contributed by atoms with E-state index in [9.17, 15) is 4.39 Å². The van der Waals surface area contributed by atoms with Crippen LogP contribution < -0.4 is 5.73 Å². The average molecular weight is 355 g/mol. The number of halogens is 3. The van der Waals surface area contributed by atoms with Crippen molar-refractivity contribution in [1.82, 2.24) is 0 Å². The quantitative estimate of drug-likeness (QED) is 0.655. The number of furan rings is 1. The van der Waals surface area contributed by atoms with Gasteiger partial charge in [-0.2, -0.15) is 0 Å². The van der Waals surface area contributed by atoms with Crippen LogP contribution in [-0.2, 0) is 0 Å². The molecule has 20 heavy (non-hydrogen) atoms. The second-order valence-electron chi connectivity index (χ2n) is 4.43. The van der Waals surface area contributed by atoms with Crippen molar-refractivity contribution in [3.8, 4) is 0 Å². The molecule has 0 aliphatic carbocycles.